The molecule has 0 aromatic carbocycles. The number of carbonyl (C=O) groups is 1. The number of aryl methyl sites for hydroxylation is 2. The minimum atomic E-state index is -4.41. The van der Waals surface area contributed by atoms with Crippen LogP contribution in [0.25, 0.3) is 5.65 Å². The van der Waals surface area contributed by atoms with E-state index in [4.69, 9.17) is 5.11 Å². The van der Waals surface area contributed by atoms with E-state index in [0.717, 1.165) is 12.1 Å². The summed E-state index contributed by atoms with van der Waals surface area (Å²) in [7, 11) is 0. The van der Waals surface area contributed by atoms with Gasteiger partial charge in [-0.2, -0.15) is 13.2 Å². The number of halogens is 3. The first-order valence-corrected chi connectivity index (χ1v) is 5.55. The lowest BCUT2D eigenvalue weighted by molar-refractivity contribution is -0.138. The van der Waals surface area contributed by atoms with Gasteiger partial charge in [0.05, 0.1) is 17.7 Å². The quantitative estimate of drug-likeness (QED) is 0.934. The second kappa shape index (κ2) is 4.56. The first-order valence-electron chi connectivity index (χ1n) is 5.55. The second-order valence-corrected chi connectivity index (χ2v) is 4.18. The molecule has 0 amide bonds. The van der Waals surface area contributed by atoms with Crippen molar-refractivity contribution in [1.82, 2.24) is 9.38 Å². The van der Waals surface area contributed by atoms with Crippen molar-refractivity contribution in [2.75, 3.05) is 0 Å². The van der Waals surface area contributed by atoms with Gasteiger partial charge in [0.15, 0.2) is 0 Å². The number of nitrogens with zero attached hydrogens (tertiary/aromatic N) is 2. The Hall–Kier alpha value is -2.05. The largest absolute Gasteiger partial charge is 0.481 e. The summed E-state index contributed by atoms with van der Waals surface area (Å²) in [5.74, 6) is -0.957. The molecule has 0 bridgehead atoms. The minimum Gasteiger partial charge on any atom is -0.481 e. The molecule has 0 fully saturated rings. The van der Waals surface area contributed by atoms with Gasteiger partial charge in [0.2, 0.25) is 0 Å². The number of hydrogen-bond acceptors (Lipinski definition) is 2. The number of pyridine rings is 1. The summed E-state index contributed by atoms with van der Waals surface area (Å²) in [4.78, 5) is 14.6. The fraction of sp³-hybridized carbons (Fsp3) is 0.333. The predicted octanol–water partition coefficient (Wildman–Crippen LogP) is 2.68. The lowest BCUT2D eigenvalue weighted by atomic mass is 10.2. The molecule has 2 aromatic rings. The summed E-state index contributed by atoms with van der Waals surface area (Å²) < 4.78 is 39.2. The molecule has 4 nitrogen and oxygen atoms in total. The van der Waals surface area contributed by atoms with Crippen molar-refractivity contribution in [3.63, 3.8) is 0 Å². The van der Waals surface area contributed by atoms with Crippen LogP contribution in [-0.2, 0) is 17.4 Å². The molecule has 0 spiro atoms. The summed E-state index contributed by atoms with van der Waals surface area (Å²) in [6, 6.07) is 1.91. The number of carboxylic acid groups (broad SMARTS) is 1. The van der Waals surface area contributed by atoms with Gasteiger partial charge in [-0.05, 0) is 19.1 Å². The van der Waals surface area contributed by atoms with Gasteiger partial charge in [-0.3, -0.25) is 4.79 Å². The van der Waals surface area contributed by atoms with Crippen molar-refractivity contribution < 1.29 is 23.1 Å². The third-order valence-electron chi connectivity index (χ3n) is 2.83. The highest BCUT2D eigenvalue weighted by atomic mass is 19.4. The van der Waals surface area contributed by atoms with E-state index in [1.807, 2.05) is 0 Å². The van der Waals surface area contributed by atoms with Gasteiger partial charge in [-0.15, -0.1) is 0 Å². The van der Waals surface area contributed by atoms with E-state index in [1.54, 1.807) is 6.92 Å². The Morgan fingerprint density at radius 2 is 2.16 bits per heavy atom. The van der Waals surface area contributed by atoms with Crippen molar-refractivity contribution in [1.29, 1.82) is 0 Å². The molecule has 0 aliphatic heterocycles. The maximum Gasteiger partial charge on any atom is 0.416 e. The molecule has 0 aliphatic carbocycles. The first-order chi connectivity index (χ1) is 8.79. The highest BCUT2D eigenvalue weighted by Gasteiger charge is 2.31. The third kappa shape index (κ3) is 2.69. The Balaban J connectivity index is 2.45. The number of aliphatic carboxylic acids is 1. The number of fused-ring (bicyclic) bond motifs is 1. The number of aromatic nitrogens is 2. The van der Waals surface area contributed by atoms with Crippen LogP contribution in [0.5, 0.6) is 0 Å². The Bertz CT molecular complexity index is 632. The zero-order chi connectivity index (χ0) is 14.2. The molecule has 0 atom stereocenters. The summed E-state index contributed by atoms with van der Waals surface area (Å²) in [5, 5.41) is 8.65. The average molecular weight is 272 g/mol. The molecule has 19 heavy (non-hydrogen) atoms. The Morgan fingerprint density at radius 1 is 1.47 bits per heavy atom. The van der Waals surface area contributed by atoms with Gasteiger partial charge in [0, 0.05) is 18.3 Å². The normalized spacial score (nSPS) is 12.0. The number of carboxylic acids is 1. The van der Waals surface area contributed by atoms with E-state index in [0.29, 0.717) is 11.4 Å². The number of rotatable bonds is 3. The smallest absolute Gasteiger partial charge is 0.416 e. The van der Waals surface area contributed by atoms with E-state index in [2.05, 4.69) is 4.98 Å². The lowest BCUT2D eigenvalue weighted by Gasteiger charge is -2.07. The van der Waals surface area contributed by atoms with Crippen LogP contribution >= 0.6 is 0 Å². The molecule has 2 rings (SSSR count). The van der Waals surface area contributed by atoms with E-state index in [-0.39, 0.29) is 18.5 Å². The standard InChI is InChI=1S/C12H11F3N2O2/c1-7-9(2-3-11(18)19)17-5-4-8(12(13,14)15)6-10(17)16-7/h4-6H,2-3H2,1H3,(H,18,19). The number of hydrogen-bond donors (Lipinski definition) is 1. The van der Waals surface area contributed by atoms with Crippen LogP contribution in [0.2, 0.25) is 0 Å². The third-order valence-corrected chi connectivity index (χ3v) is 2.83. The van der Waals surface area contributed by atoms with Crippen LogP contribution in [0.3, 0.4) is 0 Å². The predicted molar refractivity (Wildman–Crippen MR) is 60.9 cm³/mol. The maximum atomic E-state index is 12.6. The van der Waals surface area contributed by atoms with Gasteiger partial charge in [0.1, 0.15) is 5.65 Å². The zero-order valence-electron chi connectivity index (χ0n) is 10.0. The van der Waals surface area contributed by atoms with Crippen LogP contribution in [0.4, 0.5) is 13.2 Å². The molecule has 0 unspecified atom stereocenters. The van der Waals surface area contributed by atoms with Gasteiger partial charge in [-0.1, -0.05) is 0 Å². The average Bonchev–Trinajstić information content (AvgIpc) is 2.59. The molecule has 1 N–H and O–H groups in total. The zero-order valence-corrected chi connectivity index (χ0v) is 10.0. The Kier molecular flexibility index (Phi) is 3.21. The van der Waals surface area contributed by atoms with Crippen molar-refractivity contribution in [2.24, 2.45) is 0 Å². The highest BCUT2D eigenvalue weighted by molar-refractivity contribution is 5.67. The van der Waals surface area contributed by atoms with Crippen LogP contribution < -0.4 is 0 Å². The van der Waals surface area contributed by atoms with E-state index in [1.165, 1.54) is 10.6 Å². The monoisotopic (exact) mass is 272 g/mol. The summed E-state index contributed by atoms with van der Waals surface area (Å²) in [6.45, 7) is 1.65. The summed E-state index contributed by atoms with van der Waals surface area (Å²) in [6.07, 6.45) is -3.00. The van der Waals surface area contributed by atoms with E-state index >= 15 is 0 Å². The first kappa shape index (κ1) is 13.4. The number of alkyl halides is 3. The summed E-state index contributed by atoms with van der Waals surface area (Å²) in [5.41, 5.74) is 0.564. The van der Waals surface area contributed by atoms with Gasteiger partial charge < -0.3 is 9.51 Å². The molecule has 2 heterocycles. The topological polar surface area (TPSA) is 54.6 Å². The second-order valence-electron chi connectivity index (χ2n) is 4.18. The van der Waals surface area contributed by atoms with Crippen molar-refractivity contribution >= 4 is 11.6 Å². The SMILES string of the molecule is Cc1nc2cc(C(F)(F)F)ccn2c1CCC(=O)O. The van der Waals surface area contributed by atoms with Crippen LogP contribution in [0.15, 0.2) is 18.3 Å². The van der Waals surface area contributed by atoms with Crippen LogP contribution in [-0.4, -0.2) is 20.5 Å². The van der Waals surface area contributed by atoms with Gasteiger partial charge >= 0.3 is 12.1 Å². The number of imidazole rings is 1. The molecule has 102 valence electrons. The molecule has 0 radical (unpaired) electrons. The van der Waals surface area contributed by atoms with Crippen molar-refractivity contribution in [3.8, 4) is 0 Å². The van der Waals surface area contributed by atoms with E-state index < -0.39 is 17.7 Å². The van der Waals surface area contributed by atoms with Crippen LogP contribution in [0, 0.1) is 6.92 Å². The van der Waals surface area contributed by atoms with Gasteiger partial charge in [-0.25, -0.2) is 4.98 Å². The van der Waals surface area contributed by atoms with E-state index in [9.17, 15) is 18.0 Å². The fourth-order valence-electron chi connectivity index (χ4n) is 1.92. The summed E-state index contributed by atoms with van der Waals surface area (Å²) >= 11 is 0. The van der Waals surface area contributed by atoms with Crippen LogP contribution in [0.1, 0.15) is 23.4 Å². The minimum absolute atomic E-state index is 0.0876. The Morgan fingerprint density at radius 3 is 2.74 bits per heavy atom. The molecular weight excluding hydrogens is 261 g/mol. The maximum absolute atomic E-state index is 12.6. The lowest BCUT2D eigenvalue weighted by Crippen LogP contribution is -2.06. The molecule has 0 saturated carbocycles. The molecule has 0 aliphatic rings. The molecule has 7 heteroatoms. The fourth-order valence-corrected chi connectivity index (χ4v) is 1.92. The molecule has 0 saturated heterocycles. The van der Waals surface area contributed by atoms with Crippen molar-refractivity contribution in [2.45, 2.75) is 25.9 Å². The van der Waals surface area contributed by atoms with Gasteiger partial charge in [0.25, 0.3) is 0 Å². The highest BCUT2D eigenvalue weighted by Crippen LogP contribution is 2.30. The molecular formula is C12H11F3N2O2. The molecule has 2 aromatic heterocycles. The van der Waals surface area contributed by atoms with Crippen molar-refractivity contribution in [3.05, 3.63) is 35.3 Å². The Labute approximate surface area is 106 Å².